The van der Waals surface area contributed by atoms with Crippen LogP contribution in [0.3, 0.4) is 0 Å². The van der Waals surface area contributed by atoms with Crippen molar-refractivity contribution in [2.45, 2.75) is 13.8 Å². The molecule has 120 valence electrons. The summed E-state index contributed by atoms with van der Waals surface area (Å²) in [7, 11) is 0. The molecular weight excluding hydrogens is 304 g/mol. The van der Waals surface area contributed by atoms with Crippen LogP contribution in [-0.4, -0.2) is 23.4 Å². The number of aryl methyl sites for hydroxylation is 2. The van der Waals surface area contributed by atoms with E-state index in [1.165, 1.54) is 30.5 Å². The van der Waals surface area contributed by atoms with E-state index in [4.69, 9.17) is 9.15 Å². The van der Waals surface area contributed by atoms with Gasteiger partial charge >= 0.3 is 5.97 Å². The van der Waals surface area contributed by atoms with Crippen LogP contribution >= 0.6 is 0 Å². The summed E-state index contributed by atoms with van der Waals surface area (Å²) >= 11 is 0. The number of non-ortho nitro benzene ring substituents is 1. The summed E-state index contributed by atoms with van der Waals surface area (Å²) in [6, 6.07) is 5.50. The van der Waals surface area contributed by atoms with Crippen LogP contribution in [0.2, 0.25) is 0 Å². The number of nitrogens with one attached hydrogen (secondary N) is 1. The van der Waals surface area contributed by atoms with E-state index >= 15 is 0 Å². The normalized spacial score (nSPS) is 10.2. The zero-order chi connectivity index (χ0) is 17.0. The van der Waals surface area contributed by atoms with Crippen LogP contribution in [0.4, 0.5) is 11.4 Å². The maximum atomic E-state index is 11.8. The monoisotopic (exact) mass is 318 g/mol. The van der Waals surface area contributed by atoms with E-state index in [2.05, 4.69) is 5.32 Å². The summed E-state index contributed by atoms with van der Waals surface area (Å²) in [6.45, 7) is 2.76. The number of nitro benzene ring substituents is 1. The number of ether oxygens (including phenoxy) is 1. The maximum Gasteiger partial charge on any atom is 0.342 e. The Hall–Kier alpha value is -3.16. The molecule has 2 rings (SSSR count). The van der Waals surface area contributed by atoms with Crippen molar-refractivity contribution in [1.82, 2.24) is 0 Å². The van der Waals surface area contributed by atoms with Gasteiger partial charge in [0.05, 0.1) is 11.2 Å². The summed E-state index contributed by atoms with van der Waals surface area (Å²) in [5, 5.41) is 13.2. The van der Waals surface area contributed by atoms with Crippen molar-refractivity contribution in [2.24, 2.45) is 0 Å². The van der Waals surface area contributed by atoms with Crippen LogP contribution in [-0.2, 0) is 9.53 Å². The van der Waals surface area contributed by atoms with Crippen molar-refractivity contribution < 1.29 is 23.7 Å². The molecule has 0 aliphatic rings. The van der Waals surface area contributed by atoms with Crippen molar-refractivity contribution >= 4 is 23.3 Å². The summed E-state index contributed by atoms with van der Waals surface area (Å²) in [4.78, 5) is 33.7. The molecule has 1 aromatic heterocycles. The van der Waals surface area contributed by atoms with E-state index in [0.29, 0.717) is 17.0 Å². The second-order valence-corrected chi connectivity index (χ2v) is 4.77. The minimum Gasteiger partial charge on any atom is -0.469 e. The number of furan rings is 1. The Morgan fingerprint density at radius 3 is 2.61 bits per heavy atom. The van der Waals surface area contributed by atoms with E-state index in [1.807, 2.05) is 0 Å². The molecule has 0 aliphatic carbocycles. The highest BCUT2D eigenvalue weighted by Gasteiger charge is 2.15. The lowest BCUT2D eigenvalue weighted by Gasteiger charge is -2.08. The van der Waals surface area contributed by atoms with E-state index < -0.39 is 23.4 Å². The molecule has 0 saturated heterocycles. The first-order chi connectivity index (χ1) is 10.9. The number of nitrogens with zero attached hydrogens (tertiary/aromatic N) is 1. The summed E-state index contributed by atoms with van der Waals surface area (Å²) in [5.74, 6) is -0.801. The zero-order valence-electron chi connectivity index (χ0n) is 12.5. The molecule has 0 bridgehead atoms. The van der Waals surface area contributed by atoms with Crippen LogP contribution < -0.4 is 5.32 Å². The van der Waals surface area contributed by atoms with Crippen LogP contribution in [0, 0.1) is 24.0 Å². The summed E-state index contributed by atoms with van der Waals surface area (Å²) in [5.41, 5.74) is 1.13. The third-order valence-electron chi connectivity index (χ3n) is 3.11. The second-order valence-electron chi connectivity index (χ2n) is 4.77. The predicted octanol–water partition coefficient (Wildman–Crippen LogP) is 2.60. The largest absolute Gasteiger partial charge is 0.469 e. The quantitative estimate of drug-likeness (QED) is 0.515. The average molecular weight is 318 g/mol. The minimum atomic E-state index is -0.660. The van der Waals surface area contributed by atoms with Gasteiger partial charge in [0.1, 0.15) is 11.3 Å². The van der Waals surface area contributed by atoms with Crippen molar-refractivity contribution in [3.8, 4) is 0 Å². The number of hydrogen-bond acceptors (Lipinski definition) is 6. The summed E-state index contributed by atoms with van der Waals surface area (Å²) < 4.78 is 9.86. The Labute approximate surface area is 131 Å². The van der Waals surface area contributed by atoms with Crippen molar-refractivity contribution in [1.29, 1.82) is 0 Å². The number of esters is 1. The number of nitro groups is 1. The SMILES string of the molecule is Cc1cc([N+](=O)[O-])ccc1NC(=O)COC(=O)c1ccoc1C. The van der Waals surface area contributed by atoms with Gasteiger partial charge in [0.25, 0.3) is 11.6 Å². The fourth-order valence-electron chi connectivity index (χ4n) is 1.89. The lowest BCUT2D eigenvalue weighted by Crippen LogP contribution is -2.21. The molecule has 1 amide bonds. The smallest absolute Gasteiger partial charge is 0.342 e. The second kappa shape index (κ2) is 6.73. The van der Waals surface area contributed by atoms with E-state index in [-0.39, 0.29) is 11.3 Å². The van der Waals surface area contributed by atoms with Gasteiger partial charge in [-0.25, -0.2) is 4.79 Å². The molecule has 0 spiro atoms. The standard InChI is InChI=1S/C15H14N2O6/c1-9-7-11(17(20)21)3-4-13(9)16-14(18)8-23-15(19)12-5-6-22-10(12)2/h3-7H,8H2,1-2H3,(H,16,18). The van der Waals surface area contributed by atoms with Gasteiger partial charge in [-0.05, 0) is 31.5 Å². The fraction of sp³-hybridized carbons (Fsp3) is 0.200. The average Bonchev–Trinajstić information content (AvgIpc) is 2.93. The highest BCUT2D eigenvalue weighted by atomic mass is 16.6. The third-order valence-corrected chi connectivity index (χ3v) is 3.11. The molecule has 0 atom stereocenters. The Kier molecular flexibility index (Phi) is 4.75. The van der Waals surface area contributed by atoms with Crippen LogP contribution in [0.25, 0.3) is 0 Å². The number of carbonyl (C=O) groups is 2. The van der Waals surface area contributed by atoms with Gasteiger partial charge in [-0.1, -0.05) is 0 Å². The molecule has 0 saturated carbocycles. The molecule has 0 fully saturated rings. The molecule has 1 aromatic carbocycles. The summed E-state index contributed by atoms with van der Waals surface area (Å²) in [6.07, 6.45) is 1.35. The van der Waals surface area contributed by atoms with Crippen molar-refractivity contribution in [3.05, 3.63) is 57.5 Å². The molecule has 2 aromatic rings. The Morgan fingerprint density at radius 1 is 1.30 bits per heavy atom. The lowest BCUT2D eigenvalue weighted by atomic mass is 10.2. The van der Waals surface area contributed by atoms with Gasteiger partial charge in [-0.15, -0.1) is 0 Å². The molecule has 8 nitrogen and oxygen atoms in total. The van der Waals surface area contributed by atoms with Crippen molar-refractivity contribution in [3.63, 3.8) is 0 Å². The number of carbonyl (C=O) groups excluding carboxylic acids is 2. The van der Waals surface area contributed by atoms with Gasteiger partial charge < -0.3 is 14.5 Å². The topological polar surface area (TPSA) is 112 Å². The van der Waals surface area contributed by atoms with Crippen LogP contribution in [0.15, 0.2) is 34.9 Å². The Morgan fingerprint density at radius 2 is 2.04 bits per heavy atom. The van der Waals surface area contributed by atoms with E-state index in [0.717, 1.165) is 0 Å². The maximum absolute atomic E-state index is 11.8. The molecule has 8 heteroatoms. The number of benzene rings is 1. The highest BCUT2D eigenvalue weighted by Crippen LogP contribution is 2.21. The molecule has 1 N–H and O–H groups in total. The van der Waals surface area contributed by atoms with Gasteiger partial charge in [0.2, 0.25) is 0 Å². The minimum absolute atomic E-state index is 0.0673. The number of hydrogen-bond donors (Lipinski definition) is 1. The Bertz CT molecular complexity index is 765. The van der Waals surface area contributed by atoms with E-state index in [9.17, 15) is 19.7 Å². The first-order valence-electron chi connectivity index (χ1n) is 6.64. The molecule has 0 aliphatic heterocycles. The van der Waals surface area contributed by atoms with Crippen LogP contribution in [0.1, 0.15) is 21.7 Å². The highest BCUT2D eigenvalue weighted by molar-refractivity contribution is 5.96. The molecule has 23 heavy (non-hydrogen) atoms. The Balaban J connectivity index is 1.94. The van der Waals surface area contributed by atoms with Crippen LogP contribution in [0.5, 0.6) is 0 Å². The molecule has 0 radical (unpaired) electrons. The first-order valence-corrected chi connectivity index (χ1v) is 6.64. The zero-order valence-corrected chi connectivity index (χ0v) is 12.5. The number of amides is 1. The number of rotatable bonds is 5. The molecule has 1 heterocycles. The van der Waals surface area contributed by atoms with Gasteiger partial charge in [-0.2, -0.15) is 0 Å². The van der Waals surface area contributed by atoms with Gasteiger partial charge in [0.15, 0.2) is 6.61 Å². The third kappa shape index (κ3) is 3.94. The van der Waals surface area contributed by atoms with Gasteiger partial charge in [0, 0.05) is 17.8 Å². The van der Waals surface area contributed by atoms with Gasteiger partial charge in [-0.3, -0.25) is 14.9 Å². The van der Waals surface area contributed by atoms with Crippen molar-refractivity contribution in [2.75, 3.05) is 11.9 Å². The molecular formula is C15H14N2O6. The van der Waals surface area contributed by atoms with E-state index in [1.54, 1.807) is 13.8 Å². The molecule has 0 unspecified atom stereocenters. The number of anilines is 1. The fourth-order valence-corrected chi connectivity index (χ4v) is 1.89. The lowest BCUT2D eigenvalue weighted by molar-refractivity contribution is -0.384. The predicted molar refractivity (Wildman–Crippen MR) is 80.2 cm³/mol. The first kappa shape index (κ1) is 16.2.